The summed E-state index contributed by atoms with van der Waals surface area (Å²) in [5.41, 5.74) is 0. The van der Waals surface area contributed by atoms with E-state index in [1.54, 1.807) is 0 Å². The molecule has 0 aliphatic heterocycles. The van der Waals surface area contributed by atoms with Gasteiger partial charge in [-0.2, -0.15) is 0 Å². The standard InChI is InChI=1S/C8H19O4PSi/c1-5-10-14(11-6-2,12-7-3)8(4)13-9/h8H,5-7H2,1-4H3/p+1. The first-order valence-electron chi connectivity index (χ1n) is 4.96. The van der Waals surface area contributed by atoms with Gasteiger partial charge >= 0.3 is 17.3 Å². The van der Waals surface area contributed by atoms with E-state index in [2.05, 4.69) is 0 Å². The van der Waals surface area contributed by atoms with Crippen LogP contribution in [0, 0.1) is 0 Å². The van der Waals surface area contributed by atoms with Crippen molar-refractivity contribution >= 4 is 17.3 Å². The largest absolute Gasteiger partial charge is 0.554 e. The maximum absolute atomic E-state index is 10.9. The molecule has 6 heteroatoms. The zero-order valence-corrected chi connectivity index (χ0v) is 11.3. The van der Waals surface area contributed by atoms with Crippen molar-refractivity contribution in [3.8, 4) is 0 Å². The maximum Gasteiger partial charge on any atom is 0.554 e. The molecule has 0 radical (unpaired) electrons. The fraction of sp³-hybridized carbons (Fsp3) is 1.00. The van der Waals surface area contributed by atoms with Crippen LogP contribution in [0.3, 0.4) is 0 Å². The molecule has 0 saturated heterocycles. The van der Waals surface area contributed by atoms with E-state index in [0.717, 1.165) is 0 Å². The summed E-state index contributed by atoms with van der Waals surface area (Å²) in [6.07, 6.45) is 0. The van der Waals surface area contributed by atoms with Crippen LogP contribution in [0.2, 0.25) is 0 Å². The second-order valence-corrected chi connectivity index (χ2v) is 7.36. The predicted octanol–water partition coefficient (Wildman–Crippen LogP) is 1.99. The minimum Gasteiger partial charge on any atom is -0.371 e. The van der Waals surface area contributed by atoms with Crippen molar-refractivity contribution in [2.45, 2.75) is 33.0 Å². The Bertz CT molecular complexity index is 150. The highest BCUT2D eigenvalue weighted by atomic mass is 31.1. The summed E-state index contributed by atoms with van der Waals surface area (Å²) in [4.78, 5) is 0. The molecule has 0 rings (SSSR count). The van der Waals surface area contributed by atoms with Gasteiger partial charge in [0.1, 0.15) is 0 Å². The van der Waals surface area contributed by atoms with Crippen LogP contribution in [0.5, 0.6) is 0 Å². The van der Waals surface area contributed by atoms with Gasteiger partial charge in [0.25, 0.3) is 0 Å². The average molecular weight is 239 g/mol. The van der Waals surface area contributed by atoms with Gasteiger partial charge < -0.3 is 13.3 Å². The van der Waals surface area contributed by atoms with Crippen LogP contribution in [0.4, 0.5) is 0 Å². The van der Waals surface area contributed by atoms with Gasteiger partial charge in [0, 0.05) is 19.8 Å². The highest BCUT2D eigenvalue weighted by molar-refractivity contribution is 7.29. The molecule has 0 N–H and O–H groups in total. The molecule has 0 aromatic rings. The third-order valence-electron chi connectivity index (χ3n) is 1.74. The summed E-state index contributed by atoms with van der Waals surface area (Å²) in [7, 11) is -3.15. The molecule has 0 spiro atoms. The zero-order valence-electron chi connectivity index (χ0n) is 9.33. The van der Waals surface area contributed by atoms with E-state index in [9.17, 15) is 4.57 Å². The molecule has 0 heterocycles. The van der Waals surface area contributed by atoms with Crippen molar-refractivity contribution in [1.82, 2.24) is 0 Å². The Morgan fingerprint density at radius 3 is 1.64 bits per heavy atom. The van der Waals surface area contributed by atoms with E-state index in [1.807, 2.05) is 27.7 Å². The molecular weight excluding hydrogens is 219 g/mol. The highest BCUT2D eigenvalue weighted by Crippen LogP contribution is 2.23. The van der Waals surface area contributed by atoms with Crippen LogP contribution in [-0.2, 0) is 17.8 Å². The van der Waals surface area contributed by atoms with Crippen molar-refractivity contribution in [2.75, 3.05) is 19.8 Å². The molecule has 0 bridgehead atoms. The molecule has 0 aromatic heterocycles. The van der Waals surface area contributed by atoms with Crippen LogP contribution in [0.1, 0.15) is 27.7 Å². The van der Waals surface area contributed by atoms with Crippen LogP contribution >= 0.6 is 8.46 Å². The van der Waals surface area contributed by atoms with Crippen molar-refractivity contribution in [2.24, 2.45) is 0 Å². The lowest BCUT2D eigenvalue weighted by Crippen LogP contribution is -2.53. The molecule has 4 nitrogen and oxygen atoms in total. The lowest BCUT2D eigenvalue weighted by atomic mass is 10.9. The molecule has 2 unspecified atom stereocenters. The topological polar surface area (TPSA) is 44.8 Å². The molecule has 0 fully saturated rings. The van der Waals surface area contributed by atoms with Gasteiger partial charge in [0.15, 0.2) is 0 Å². The second-order valence-electron chi connectivity index (χ2n) is 2.74. The molecule has 0 saturated carbocycles. The third kappa shape index (κ3) is 3.75. The van der Waals surface area contributed by atoms with E-state index >= 15 is 0 Å². The smallest absolute Gasteiger partial charge is 0.371 e. The highest BCUT2D eigenvalue weighted by Gasteiger charge is 2.52. The van der Waals surface area contributed by atoms with E-state index in [0.29, 0.717) is 19.8 Å². The summed E-state index contributed by atoms with van der Waals surface area (Å²) < 4.78 is 27.6. The normalized spacial score (nSPS) is 14.6. The van der Waals surface area contributed by atoms with Gasteiger partial charge in [-0.25, -0.2) is 0 Å². The Hall–Kier alpha value is 0.197. The number of hydrogen-bond acceptors (Lipinski definition) is 4. The predicted molar refractivity (Wildman–Crippen MR) is 59.1 cm³/mol. The van der Waals surface area contributed by atoms with Crippen LogP contribution in [0.15, 0.2) is 0 Å². The SMILES string of the molecule is CCO[Si](OCC)(OCC)C(C)[PH+]=O. The van der Waals surface area contributed by atoms with Gasteiger partial charge in [-0.15, -0.1) is 0 Å². The Kier molecular flexibility index (Phi) is 7.59. The minimum absolute atomic E-state index is 0.151. The Balaban J connectivity index is 4.61. The van der Waals surface area contributed by atoms with Crippen LogP contribution < -0.4 is 0 Å². The molecule has 14 heavy (non-hydrogen) atoms. The van der Waals surface area contributed by atoms with E-state index in [4.69, 9.17) is 13.3 Å². The Labute approximate surface area is 88.5 Å². The van der Waals surface area contributed by atoms with Crippen molar-refractivity contribution < 1.29 is 17.8 Å². The minimum atomic E-state index is -2.70. The van der Waals surface area contributed by atoms with Crippen LogP contribution in [0.25, 0.3) is 0 Å². The first-order valence-corrected chi connectivity index (χ1v) is 7.75. The van der Waals surface area contributed by atoms with Gasteiger partial charge in [-0.3, -0.25) is 0 Å². The van der Waals surface area contributed by atoms with Gasteiger partial charge in [-0.1, -0.05) is 4.57 Å². The van der Waals surface area contributed by atoms with Gasteiger partial charge in [-0.05, 0) is 27.7 Å². The van der Waals surface area contributed by atoms with Crippen LogP contribution in [-0.4, -0.2) is 33.9 Å². The molecule has 2 atom stereocenters. The maximum atomic E-state index is 10.9. The second kappa shape index (κ2) is 7.48. The molecule has 0 aliphatic rings. The third-order valence-corrected chi connectivity index (χ3v) is 6.65. The van der Waals surface area contributed by atoms with Crippen molar-refractivity contribution in [1.29, 1.82) is 0 Å². The first kappa shape index (κ1) is 14.2. The van der Waals surface area contributed by atoms with E-state index < -0.39 is 17.3 Å². The van der Waals surface area contributed by atoms with Gasteiger partial charge in [0.2, 0.25) is 5.28 Å². The monoisotopic (exact) mass is 239 g/mol. The fourth-order valence-electron chi connectivity index (χ4n) is 1.18. The first-order chi connectivity index (χ1) is 6.66. The van der Waals surface area contributed by atoms with E-state index in [-0.39, 0.29) is 5.28 Å². The quantitative estimate of drug-likeness (QED) is 0.480. The average Bonchev–Trinajstić information content (AvgIpc) is 2.17. The lowest BCUT2D eigenvalue weighted by Gasteiger charge is -2.27. The van der Waals surface area contributed by atoms with Crippen molar-refractivity contribution in [3.63, 3.8) is 0 Å². The summed E-state index contributed by atoms with van der Waals surface area (Å²) in [5.74, 6) is 0. The number of rotatable bonds is 8. The van der Waals surface area contributed by atoms with Crippen molar-refractivity contribution in [3.05, 3.63) is 0 Å². The summed E-state index contributed by atoms with van der Waals surface area (Å²) in [6, 6.07) is 0. The molecule has 0 aliphatic carbocycles. The Morgan fingerprint density at radius 2 is 1.43 bits per heavy atom. The molecule has 0 aromatic carbocycles. The lowest BCUT2D eigenvalue weighted by molar-refractivity contribution is 0.0703. The summed E-state index contributed by atoms with van der Waals surface area (Å²) >= 11 is 0. The van der Waals surface area contributed by atoms with Gasteiger partial charge in [0.05, 0.1) is 0 Å². The summed E-state index contributed by atoms with van der Waals surface area (Å²) in [6.45, 7) is 9.10. The number of hydrogen-bond donors (Lipinski definition) is 0. The molecule has 0 amide bonds. The summed E-state index contributed by atoms with van der Waals surface area (Å²) in [5, 5.41) is -0.151. The Morgan fingerprint density at radius 1 is 1.07 bits per heavy atom. The molecule has 84 valence electrons. The molecular formula is C8H20O4PSi+. The fourth-order valence-corrected chi connectivity index (χ4v) is 4.71. The van der Waals surface area contributed by atoms with E-state index in [1.165, 1.54) is 0 Å². The zero-order chi connectivity index (χ0) is 11.0.